The maximum Gasteiger partial charge on any atom is 0.340 e. The lowest BCUT2D eigenvalue weighted by atomic mass is 9.85. The standard InChI is InChI=1S/C25H29N5O3S/c1-13(26)18-10-28-23(33-14-7-15(8-14)34-4)19-11-27-21(9-17(18)19)29-20-6-5-16-22(30-20)25(2,3)12-32-24(16)31/h5-6,9-11,13-15H,7-8,12,26H2,1-4H3,(H,27,29,30). The molecule has 178 valence electrons. The number of ether oxygens (including phenoxy) is 2. The van der Waals surface area contributed by atoms with Crippen molar-refractivity contribution in [3.8, 4) is 5.88 Å². The minimum Gasteiger partial charge on any atom is -0.474 e. The monoisotopic (exact) mass is 479 g/mol. The van der Waals surface area contributed by atoms with Gasteiger partial charge in [0.25, 0.3) is 0 Å². The number of thioether (sulfide) groups is 1. The molecule has 8 nitrogen and oxygen atoms in total. The van der Waals surface area contributed by atoms with Crippen LogP contribution in [0, 0.1) is 0 Å². The van der Waals surface area contributed by atoms with Gasteiger partial charge < -0.3 is 20.5 Å². The first-order chi connectivity index (χ1) is 16.2. The Bertz CT molecular complexity index is 1260. The summed E-state index contributed by atoms with van der Waals surface area (Å²) < 4.78 is 11.5. The Balaban J connectivity index is 1.47. The van der Waals surface area contributed by atoms with E-state index in [2.05, 4.69) is 21.5 Å². The van der Waals surface area contributed by atoms with Crippen LogP contribution >= 0.6 is 11.8 Å². The minimum atomic E-state index is -0.366. The molecule has 0 radical (unpaired) electrons. The minimum absolute atomic E-state index is 0.182. The molecule has 0 saturated heterocycles. The van der Waals surface area contributed by atoms with Crippen molar-refractivity contribution in [3.05, 3.63) is 47.4 Å². The van der Waals surface area contributed by atoms with Crippen molar-refractivity contribution in [2.24, 2.45) is 5.73 Å². The Morgan fingerprint density at radius 1 is 1.21 bits per heavy atom. The zero-order chi connectivity index (χ0) is 24.0. The Kier molecular flexibility index (Phi) is 5.85. The molecule has 1 fully saturated rings. The summed E-state index contributed by atoms with van der Waals surface area (Å²) in [6.07, 6.45) is 7.94. The molecular formula is C25H29N5O3S. The summed E-state index contributed by atoms with van der Waals surface area (Å²) in [4.78, 5) is 26.0. The average Bonchev–Trinajstić information content (AvgIpc) is 2.78. The van der Waals surface area contributed by atoms with Crippen LogP contribution in [-0.2, 0) is 10.2 Å². The van der Waals surface area contributed by atoms with Crippen molar-refractivity contribution >= 4 is 40.1 Å². The first-order valence-corrected chi connectivity index (χ1v) is 12.7. The molecule has 0 amide bonds. The summed E-state index contributed by atoms with van der Waals surface area (Å²) in [5, 5.41) is 5.73. The number of anilines is 2. The van der Waals surface area contributed by atoms with Crippen LogP contribution in [0.1, 0.15) is 61.3 Å². The molecule has 0 spiro atoms. The van der Waals surface area contributed by atoms with E-state index >= 15 is 0 Å². The zero-order valence-electron chi connectivity index (χ0n) is 19.8. The molecule has 34 heavy (non-hydrogen) atoms. The number of esters is 1. The lowest BCUT2D eigenvalue weighted by Gasteiger charge is -2.34. The highest BCUT2D eigenvalue weighted by molar-refractivity contribution is 7.99. The number of carbonyl (C=O) groups is 1. The fourth-order valence-corrected chi connectivity index (χ4v) is 5.17. The van der Waals surface area contributed by atoms with E-state index in [9.17, 15) is 4.79 Å². The molecular weight excluding hydrogens is 450 g/mol. The van der Waals surface area contributed by atoms with Crippen LogP contribution in [0.3, 0.4) is 0 Å². The Hall–Kier alpha value is -2.91. The van der Waals surface area contributed by atoms with Crippen molar-refractivity contribution < 1.29 is 14.3 Å². The van der Waals surface area contributed by atoms with Gasteiger partial charge in [0, 0.05) is 29.1 Å². The normalized spacial score (nSPS) is 21.9. The molecule has 3 aromatic heterocycles. The summed E-state index contributed by atoms with van der Waals surface area (Å²) in [6.45, 7) is 6.26. The van der Waals surface area contributed by atoms with E-state index in [0.717, 1.165) is 34.9 Å². The number of hydrogen-bond acceptors (Lipinski definition) is 9. The number of fused-ring (bicyclic) bond motifs is 2. The molecule has 1 unspecified atom stereocenters. The van der Waals surface area contributed by atoms with Crippen LogP contribution in [0.15, 0.2) is 30.6 Å². The van der Waals surface area contributed by atoms with Gasteiger partial charge in [-0.25, -0.2) is 19.7 Å². The molecule has 1 saturated carbocycles. The third-order valence-electron chi connectivity index (χ3n) is 6.50. The Morgan fingerprint density at radius 2 is 2.00 bits per heavy atom. The van der Waals surface area contributed by atoms with E-state index in [-0.39, 0.29) is 23.5 Å². The summed E-state index contributed by atoms with van der Waals surface area (Å²) >= 11 is 1.88. The largest absolute Gasteiger partial charge is 0.474 e. The molecule has 9 heteroatoms. The van der Waals surface area contributed by atoms with Crippen molar-refractivity contribution in [1.82, 2.24) is 15.0 Å². The highest BCUT2D eigenvalue weighted by Gasteiger charge is 2.35. The fraction of sp³-hybridized carbons (Fsp3) is 0.440. The predicted molar refractivity (Wildman–Crippen MR) is 134 cm³/mol. The summed E-state index contributed by atoms with van der Waals surface area (Å²) in [5.74, 6) is 1.49. The fourth-order valence-electron chi connectivity index (χ4n) is 4.35. The van der Waals surface area contributed by atoms with Gasteiger partial charge in [-0.05, 0) is 55.2 Å². The molecule has 0 aromatic carbocycles. The second kappa shape index (κ2) is 8.70. The topological polar surface area (TPSA) is 112 Å². The lowest BCUT2D eigenvalue weighted by molar-refractivity contribution is 0.0366. The number of hydrogen-bond donors (Lipinski definition) is 2. The van der Waals surface area contributed by atoms with Crippen LogP contribution < -0.4 is 15.8 Å². The second-order valence-electron chi connectivity index (χ2n) is 9.67. The van der Waals surface area contributed by atoms with E-state index in [4.69, 9.17) is 20.2 Å². The van der Waals surface area contributed by atoms with Gasteiger partial charge in [0.2, 0.25) is 5.88 Å². The zero-order valence-corrected chi connectivity index (χ0v) is 20.6. The van der Waals surface area contributed by atoms with Crippen LogP contribution in [0.25, 0.3) is 10.8 Å². The van der Waals surface area contributed by atoms with Gasteiger partial charge in [0.15, 0.2) is 0 Å². The molecule has 4 heterocycles. The Morgan fingerprint density at radius 3 is 2.74 bits per heavy atom. The first-order valence-electron chi connectivity index (χ1n) is 11.4. The van der Waals surface area contributed by atoms with Gasteiger partial charge in [-0.15, -0.1) is 0 Å². The molecule has 5 rings (SSSR count). The smallest absolute Gasteiger partial charge is 0.340 e. The summed E-state index contributed by atoms with van der Waals surface area (Å²) in [6, 6.07) is 5.27. The van der Waals surface area contributed by atoms with E-state index in [1.807, 2.05) is 38.6 Å². The number of rotatable bonds is 6. The number of nitrogens with one attached hydrogen (secondary N) is 1. The predicted octanol–water partition coefficient (Wildman–Crippen LogP) is 4.51. The first kappa shape index (κ1) is 22.9. The van der Waals surface area contributed by atoms with Crippen LogP contribution in [-0.4, -0.2) is 45.1 Å². The average molecular weight is 480 g/mol. The van der Waals surface area contributed by atoms with E-state index in [1.54, 1.807) is 24.5 Å². The SMILES string of the molecule is CSC1CC(Oc2ncc(C(C)N)c3cc(Nc4ccc5c(n4)C(C)(C)COC5=O)ncc23)C1. The molecule has 0 bridgehead atoms. The van der Waals surface area contributed by atoms with E-state index < -0.39 is 0 Å². The van der Waals surface area contributed by atoms with Gasteiger partial charge in [0.05, 0.1) is 16.6 Å². The van der Waals surface area contributed by atoms with Crippen molar-refractivity contribution in [3.63, 3.8) is 0 Å². The molecule has 3 aromatic rings. The van der Waals surface area contributed by atoms with Gasteiger partial charge in [-0.3, -0.25) is 0 Å². The van der Waals surface area contributed by atoms with E-state index in [1.165, 1.54) is 0 Å². The maximum atomic E-state index is 12.1. The number of cyclic esters (lactones) is 1. The second-order valence-corrected chi connectivity index (χ2v) is 10.8. The Labute approximate surface area is 203 Å². The number of aromatic nitrogens is 3. The quantitative estimate of drug-likeness (QED) is 0.493. The molecule has 1 atom stereocenters. The van der Waals surface area contributed by atoms with Gasteiger partial charge in [-0.2, -0.15) is 11.8 Å². The van der Waals surface area contributed by atoms with Gasteiger partial charge in [-0.1, -0.05) is 13.8 Å². The number of nitrogens with two attached hydrogens (primary N) is 1. The van der Waals surface area contributed by atoms with Crippen molar-refractivity contribution in [2.45, 2.75) is 56.4 Å². The molecule has 3 N–H and O–H groups in total. The van der Waals surface area contributed by atoms with E-state index in [0.29, 0.717) is 34.9 Å². The van der Waals surface area contributed by atoms with Crippen LogP contribution in [0.2, 0.25) is 0 Å². The van der Waals surface area contributed by atoms with Crippen LogP contribution in [0.5, 0.6) is 5.88 Å². The van der Waals surface area contributed by atoms with Crippen molar-refractivity contribution in [1.29, 1.82) is 0 Å². The third-order valence-corrected chi connectivity index (χ3v) is 7.55. The maximum absolute atomic E-state index is 12.1. The van der Waals surface area contributed by atoms with Gasteiger partial charge >= 0.3 is 5.97 Å². The third kappa shape index (κ3) is 4.18. The molecule has 1 aliphatic carbocycles. The van der Waals surface area contributed by atoms with Crippen molar-refractivity contribution in [2.75, 3.05) is 18.2 Å². The molecule has 1 aliphatic heterocycles. The van der Waals surface area contributed by atoms with Crippen LogP contribution in [0.4, 0.5) is 11.6 Å². The molecule has 2 aliphatic rings. The number of pyridine rings is 3. The highest BCUT2D eigenvalue weighted by Crippen LogP contribution is 2.37. The summed E-state index contributed by atoms with van der Waals surface area (Å²) in [5.41, 5.74) is 8.02. The highest BCUT2D eigenvalue weighted by atomic mass is 32.2. The lowest BCUT2D eigenvalue weighted by Crippen LogP contribution is -2.35. The summed E-state index contributed by atoms with van der Waals surface area (Å²) in [7, 11) is 0. The van der Waals surface area contributed by atoms with Gasteiger partial charge in [0.1, 0.15) is 24.3 Å². The number of nitrogens with zero attached hydrogens (tertiary/aromatic N) is 3. The number of carbonyl (C=O) groups excluding carboxylic acids is 1.